The van der Waals surface area contributed by atoms with Gasteiger partial charge < -0.3 is 5.73 Å². The van der Waals surface area contributed by atoms with Gasteiger partial charge in [0.15, 0.2) is 9.34 Å². The molecule has 0 bridgehead atoms. The maximum Gasteiger partial charge on any atom is 0.252 e. The number of halogens is 1. The van der Waals surface area contributed by atoms with Crippen LogP contribution in [0.25, 0.3) is 0 Å². The first-order valence-corrected chi connectivity index (χ1v) is 8.10. The molecule has 1 atom stereocenters. The van der Waals surface area contributed by atoms with E-state index in [9.17, 15) is 12.8 Å². The molecular weight excluding hydrogens is 301 g/mol. The number of hydrogen-bond donors (Lipinski definition) is 2. The van der Waals surface area contributed by atoms with Crippen LogP contribution < -0.4 is 10.5 Å². The number of nitrogens with zero attached hydrogens (tertiary/aromatic N) is 1. The summed E-state index contributed by atoms with van der Waals surface area (Å²) in [6.07, 6.45) is 0. The van der Waals surface area contributed by atoms with Gasteiger partial charge in [0.25, 0.3) is 10.0 Å². The summed E-state index contributed by atoms with van der Waals surface area (Å²) in [6, 6.07) is 5.23. The summed E-state index contributed by atoms with van der Waals surface area (Å²) < 4.78 is 40.2. The predicted octanol–water partition coefficient (Wildman–Crippen LogP) is 2.21. The summed E-state index contributed by atoms with van der Waals surface area (Å²) in [5, 5.41) is 0.196. The van der Waals surface area contributed by atoms with Crippen molar-refractivity contribution in [2.45, 2.75) is 24.1 Å². The molecule has 0 fully saturated rings. The van der Waals surface area contributed by atoms with Crippen LogP contribution in [-0.2, 0) is 10.0 Å². The summed E-state index contributed by atoms with van der Waals surface area (Å²) in [5.74, 6) is -0.410. The molecule has 1 unspecified atom stereocenters. The van der Waals surface area contributed by atoms with Crippen molar-refractivity contribution in [3.8, 4) is 0 Å². The minimum absolute atomic E-state index is 0.0817. The van der Waals surface area contributed by atoms with Gasteiger partial charge in [-0.1, -0.05) is 23.5 Å². The summed E-state index contributed by atoms with van der Waals surface area (Å²) in [4.78, 5) is 3.89. The van der Waals surface area contributed by atoms with E-state index in [2.05, 4.69) is 9.71 Å². The molecule has 0 aliphatic rings. The lowest BCUT2D eigenvalue weighted by atomic mass is 10.1. The Morgan fingerprint density at radius 2 is 2.15 bits per heavy atom. The molecular formula is C12H14FN3O2S2. The number of hydrogen-bond acceptors (Lipinski definition) is 5. The summed E-state index contributed by atoms with van der Waals surface area (Å²) >= 11 is 0.904. The summed E-state index contributed by atoms with van der Waals surface area (Å²) in [7, 11) is -3.73. The molecule has 2 aromatic rings. The third-order valence-corrected chi connectivity index (χ3v) is 5.83. The number of thiazole rings is 1. The average molecular weight is 315 g/mol. The maximum atomic E-state index is 13.1. The number of nitrogens with one attached hydrogen (secondary N) is 1. The molecule has 0 aliphatic carbocycles. The number of anilines is 1. The maximum absolute atomic E-state index is 13.1. The first-order chi connectivity index (χ1) is 9.29. The molecule has 1 aromatic carbocycles. The number of benzene rings is 1. The van der Waals surface area contributed by atoms with Gasteiger partial charge in [-0.05, 0) is 31.5 Å². The second-order valence-electron chi connectivity index (χ2n) is 4.32. The molecule has 0 aliphatic heterocycles. The minimum atomic E-state index is -3.73. The number of nitrogen functional groups attached to an aromatic ring is 1. The van der Waals surface area contributed by atoms with Crippen LogP contribution in [-0.4, -0.2) is 13.4 Å². The molecule has 0 saturated heterocycles. The van der Waals surface area contributed by atoms with Crippen molar-refractivity contribution >= 4 is 26.5 Å². The van der Waals surface area contributed by atoms with Crippen LogP contribution in [0, 0.1) is 12.7 Å². The Morgan fingerprint density at radius 1 is 1.45 bits per heavy atom. The molecule has 3 N–H and O–H groups in total. The topological polar surface area (TPSA) is 85.1 Å². The van der Waals surface area contributed by atoms with Gasteiger partial charge in [0.05, 0.1) is 5.69 Å². The van der Waals surface area contributed by atoms with Gasteiger partial charge in [-0.3, -0.25) is 0 Å². The van der Waals surface area contributed by atoms with Crippen molar-refractivity contribution in [3.05, 3.63) is 41.3 Å². The molecule has 0 amide bonds. The predicted molar refractivity (Wildman–Crippen MR) is 76.4 cm³/mol. The molecule has 20 heavy (non-hydrogen) atoms. The lowest BCUT2D eigenvalue weighted by molar-refractivity contribution is 0.566. The fourth-order valence-corrected chi connectivity index (χ4v) is 4.33. The van der Waals surface area contributed by atoms with Gasteiger partial charge in [0, 0.05) is 6.04 Å². The normalized spacial score (nSPS) is 13.3. The number of nitrogens with two attached hydrogens (primary N) is 1. The number of aromatic nitrogens is 1. The van der Waals surface area contributed by atoms with Crippen LogP contribution >= 0.6 is 11.3 Å². The zero-order valence-electron chi connectivity index (χ0n) is 10.9. The van der Waals surface area contributed by atoms with E-state index >= 15 is 0 Å². The van der Waals surface area contributed by atoms with Crippen LogP contribution in [0.4, 0.5) is 9.52 Å². The van der Waals surface area contributed by atoms with E-state index in [4.69, 9.17) is 5.73 Å². The fourth-order valence-electron chi connectivity index (χ4n) is 1.78. The van der Waals surface area contributed by atoms with Crippen LogP contribution in [0.5, 0.6) is 0 Å². The zero-order valence-corrected chi connectivity index (χ0v) is 12.6. The van der Waals surface area contributed by atoms with Crippen LogP contribution in [0.1, 0.15) is 24.2 Å². The van der Waals surface area contributed by atoms with Gasteiger partial charge in [-0.2, -0.15) is 0 Å². The van der Waals surface area contributed by atoms with Crippen molar-refractivity contribution < 1.29 is 12.8 Å². The first-order valence-electron chi connectivity index (χ1n) is 5.80. The largest absolute Gasteiger partial charge is 0.375 e. The molecule has 5 nitrogen and oxygen atoms in total. The van der Waals surface area contributed by atoms with E-state index in [1.165, 1.54) is 18.2 Å². The second kappa shape index (κ2) is 5.47. The monoisotopic (exact) mass is 315 g/mol. The fraction of sp³-hybridized carbons (Fsp3) is 0.250. The lowest BCUT2D eigenvalue weighted by Crippen LogP contribution is -2.26. The van der Waals surface area contributed by atoms with E-state index in [0.29, 0.717) is 11.3 Å². The van der Waals surface area contributed by atoms with Crippen molar-refractivity contribution in [1.82, 2.24) is 9.71 Å². The SMILES string of the molecule is Cc1nc(N)sc1S(=O)(=O)NC(C)c1cccc(F)c1. The molecule has 1 aromatic heterocycles. The highest BCUT2D eigenvalue weighted by atomic mass is 32.2. The Balaban J connectivity index is 2.27. The molecule has 0 radical (unpaired) electrons. The van der Waals surface area contributed by atoms with E-state index in [0.717, 1.165) is 11.3 Å². The molecule has 1 heterocycles. The Labute approximate surface area is 120 Å². The highest BCUT2D eigenvalue weighted by molar-refractivity contribution is 7.91. The highest BCUT2D eigenvalue weighted by Gasteiger charge is 2.23. The Hall–Kier alpha value is -1.51. The Kier molecular flexibility index (Phi) is 4.07. The first kappa shape index (κ1) is 14.9. The van der Waals surface area contributed by atoms with E-state index in [1.54, 1.807) is 19.9 Å². The second-order valence-corrected chi connectivity index (χ2v) is 7.26. The lowest BCUT2D eigenvalue weighted by Gasteiger charge is -2.14. The van der Waals surface area contributed by atoms with Crippen molar-refractivity contribution in [2.24, 2.45) is 0 Å². The van der Waals surface area contributed by atoms with Crippen molar-refractivity contribution in [3.63, 3.8) is 0 Å². The molecule has 0 saturated carbocycles. The molecule has 0 spiro atoms. The minimum Gasteiger partial charge on any atom is -0.375 e. The van der Waals surface area contributed by atoms with Crippen molar-refractivity contribution in [2.75, 3.05) is 5.73 Å². The van der Waals surface area contributed by atoms with Crippen LogP contribution in [0.2, 0.25) is 0 Å². The quantitative estimate of drug-likeness (QED) is 0.906. The molecule has 108 valence electrons. The van der Waals surface area contributed by atoms with Gasteiger partial charge in [0.2, 0.25) is 0 Å². The average Bonchev–Trinajstić information content (AvgIpc) is 2.69. The third kappa shape index (κ3) is 3.14. The number of aryl methyl sites for hydroxylation is 1. The number of rotatable bonds is 4. The Morgan fingerprint density at radius 3 is 2.70 bits per heavy atom. The van der Waals surface area contributed by atoms with E-state index in [1.807, 2.05) is 0 Å². The van der Waals surface area contributed by atoms with Gasteiger partial charge in [-0.25, -0.2) is 22.5 Å². The van der Waals surface area contributed by atoms with Gasteiger partial charge in [0.1, 0.15) is 5.82 Å². The number of sulfonamides is 1. The standard InChI is InChI=1S/C12H14FN3O2S2/c1-7(9-4-3-5-10(13)6-9)16-20(17,18)11-8(2)15-12(14)19-11/h3-7,16H,1-2H3,(H2,14,15). The highest BCUT2D eigenvalue weighted by Crippen LogP contribution is 2.26. The molecule has 8 heteroatoms. The van der Waals surface area contributed by atoms with Crippen molar-refractivity contribution in [1.29, 1.82) is 0 Å². The zero-order chi connectivity index (χ0) is 14.9. The van der Waals surface area contributed by atoms with Crippen LogP contribution in [0.15, 0.2) is 28.5 Å². The third-order valence-electron chi connectivity index (χ3n) is 2.70. The van der Waals surface area contributed by atoms with E-state index < -0.39 is 21.9 Å². The summed E-state index contributed by atoms with van der Waals surface area (Å²) in [6.45, 7) is 3.22. The Bertz CT molecular complexity index is 728. The van der Waals surface area contributed by atoms with Crippen LogP contribution in [0.3, 0.4) is 0 Å². The summed E-state index contributed by atoms with van der Waals surface area (Å²) in [5.41, 5.74) is 6.40. The molecule has 2 rings (SSSR count). The van der Waals surface area contributed by atoms with Gasteiger partial charge in [-0.15, -0.1) is 0 Å². The van der Waals surface area contributed by atoms with E-state index in [-0.39, 0.29) is 9.34 Å². The van der Waals surface area contributed by atoms with Gasteiger partial charge >= 0.3 is 0 Å². The smallest absolute Gasteiger partial charge is 0.252 e.